The van der Waals surface area contributed by atoms with Crippen molar-refractivity contribution >= 4 is 17.9 Å². The molecule has 2 fully saturated rings. The first-order valence-corrected chi connectivity index (χ1v) is 12.7. The van der Waals surface area contributed by atoms with Crippen molar-refractivity contribution in [2.75, 3.05) is 6.54 Å². The highest BCUT2D eigenvalue weighted by Crippen LogP contribution is 2.35. The van der Waals surface area contributed by atoms with Crippen LogP contribution < -0.4 is 10.6 Å². The molecule has 1 saturated carbocycles. The maximum atomic E-state index is 13.5. The average molecular weight is 474 g/mol. The molecular formula is C26H39N3O5. The lowest BCUT2D eigenvalue weighted by molar-refractivity contribution is -0.133. The summed E-state index contributed by atoms with van der Waals surface area (Å²) in [6, 6.07) is 8.15. The summed E-state index contributed by atoms with van der Waals surface area (Å²) in [6.45, 7) is 6.61. The fourth-order valence-corrected chi connectivity index (χ4v) is 4.89. The van der Waals surface area contributed by atoms with Gasteiger partial charge in [-0.25, -0.2) is 4.79 Å². The van der Waals surface area contributed by atoms with Crippen LogP contribution in [0.2, 0.25) is 0 Å². The Morgan fingerprint density at radius 1 is 1.12 bits per heavy atom. The summed E-state index contributed by atoms with van der Waals surface area (Å²) in [5, 5.41) is 16.4. The second-order valence-electron chi connectivity index (χ2n) is 9.51. The topological polar surface area (TPSA) is 108 Å². The number of rotatable bonds is 11. The van der Waals surface area contributed by atoms with Crippen molar-refractivity contribution in [1.29, 1.82) is 0 Å². The maximum Gasteiger partial charge on any atom is 0.410 e. The molecule has 3 N–H and O–H groups in total. The molecule has 3 rings (SSSR count). The molecule has 1 aliphatic heterocycles. The van der Waals surface area contributed by atoms with E-state index < -0.39 is 30.2 Å². The second-order valence-corrected chi connectivity index (χ2v) is 9.51. The third kappa shape index (κ3) is 6.50. The van der Waals surface area contributed by atoms with Crippen molar-refractivity contribution in [1.82, 2.24) is 15.5 Å². The van der Waals surface area contributed by atoms with Crippen LogP contribution in [0.25, 0.3) is 0 Å². The lowest BCUT2D eigenvalue weighted by atomic mass is 9.86. The molecule has 0 spiro atoms. The van der Waals surface area contributed by atoms with E-state index in [1.54, 1.807) is 0 Å². The minimum atomic E-state index is -1.33. The molecule has 3 amide bonds. The van der Waals surface area contributed by atoms with E-state index in [4.69, 9.17) is 4.74 Å². The molecule has 1 aromatic carbocycles. The van der Waals surface area contributed by atoms with E-state index in [0.717, 1.165) is 31.2 Å². The molecule has 188 valence electrons. The summed E-state index contributed by atoms with van der Waals surface area (Å²) in [4.78, 5) is 40.5. The number of nitrogens with zero attached hydrogens (tertiary/aromatic N) is 1. The zero-order valence-corrected chi connectivity index (χ0v) is 20.5. The third-order valence-corrected chi connectivity index (χ3v) is 6.98. The largest absolute Gasteiger partial charge is 0.445 e. The minimum Gasteiger partial charge on any atom is -0.445 e. The molecule has 0 radical (unpaired) electrons. The van der Waals surface area contributed by atoms with Crippen LogP contribution >= 0.6 is 0 Å². The van der Waals surface area contributed by atoms with Gasteiger partial charge >= 0.3 is 6.09 Å². The summed E-state index contributed by atoms with van der Waals surface area (Å²) in [5.74, 6) is -0.631. The Morgan fingerprint density at radius 3 is 2.41 bits per heavy atom. The second kappa shape index (κ2) is 12.2. The van der Waals surface area contributed by atoms with Crippen LogP contribution in [0.4, 0.5) is 4.79 Å². The number of carbonyl (C=O) groups excluding carboxylic acids is 3. The highest BCUT2D eigenvalue weighted by Gasteiger charge is 2.47. The Hall–Kier alpha value is -2.61. The number of aliphatic hydroxyl groups excluding tert-OH is 1. The highest BCUT2D eigenvalue weighted by molar-refractivity contribution is 5.88. The standard InChI is InChI=1S/C26H39N3O5/c1-4-10-21(23(30)25(32)27-19-13-14-19)28-24(31)22-20(6-3)18(5-2)15-29(22)26(33)34-16-17-11-8-7-9-12-17/h7-9,11-12,18-23,30H,4-6,10,13-16H2,1-3H3,(H,27,32)(H,28,31). The molecule has 0 aromatic heterocycles. The molecule has 0 bridgehead atoms. The van der Waals surface area contributed by atoms with Crippen molar-refractivity contribution in [2.24, 2.45) is 11.8 Å². The maximum absolute atomic E-state index is 13.5. The summed E-state index contributed by atoms with van der Waals surface area (Å²) in [6.07, 6.45) is 2.73. The van der Waals surface area contributed by atoms with Gasteiger partial charge in [-0.05, 0) is 36.7 Å². The van der Waals surface area contributed by atoms with Crippen molar-refractivity contribution in [3.8, 4) is 0 Å². The van der Waals surface area contributed by atoms with E-state index in [-0.39, 0.29) is 30.4 Å². The monoisotopic (exact) mass is 473 g/mol. The first-order valence-electron chi connectivity index (χ1n) is 12.7. The molecule has 1 aromatic rings. The van der Waals surface area contributed by atoms with Gasteiger partial charge in [0.15, 0.2) is 6.10 Å². The van der Waals surface area contributed by atoms with Crippen LogP contribution in [-0.4, -0.2) is 58.7 Å². The molecule has 1 aliphatic carbocycles. The number of carbonyl (C=O) groups is 3. The molecule has 1 saturated heterocycles. The lowest BCUT2D eigenvalue weighted by Gasteiger charge is -2.30. The molecule has 5 atom stereocenters. The number of nitrogens with one attached hydrogen (secondary N) is 2. The number of benzene rings is 1. The summed E-state index contributed by atoms with van der Waals surface area (Å²) in [7, 11) is 0. The first-order chi connectivity index (χ1) is 16.4. The SMILES string of the molecule is CCCC(NC(=O)C1C(CC)C(CC)CN1C(=O)OCc1ccccc1)C(O)C(=O)NC1CC1. The fraction of sp³-hybridized carbons (Fsp3) is 0.654. The Bertz CT molecular complexity index is 829. The molecule has 8 nitrogen and oxygen atoms in total. The predicted molar refractivity (Wildman–Crippen MR) is 129 cm³/mol. The van der Waals surface area contributed by atoms with E-state index in [1.165, 1.54) is 4.90 Å². The van der Waals surface area contributed by atoms with Crippen LogP contribution in [0, 0.1) is 11.8 Å². The van der Waals surface area contributed by atoms with Gasteiger partial charge in [0.1, 0.15) is 12.6 Å². The van der Waals surface area contributed by atoms with Gasteiger partial charge in [-0.1, -0.05) is 70.4 Å². The number of hydrogen-bond acceptors (Lipinski definition) is 5. The average Bonchev–Trinajstić information content (AvgIpc) is 3.58. The number of hydrogen-bond donors (Lipinski definition) is 3. The minimum absolute atomic E-state index is 0.0195. The van der Waals surface area contributed by atoms with Crippen LogP contribution in [0.15, 0.2) is 30.3 Å². The van der Waals surface area contributed by atoms with Gasteiger partial charge in [0.2, 0.25) is 5.91 Å². The Labute approximate surface area is 202 Å². The van der Waals surface area contributed by atoms with Gasteiger partial charge in [-0.2, -0.15) is 0 Å². The van der Waals surface area contributed by atoms with Gasteiger partial charge in [0.25, 0.3) is 5.91 Å². The zero-order chi connectivity index (χ0) is 24.7. The molecule has 8 heteroatoms. The summed E-state index contributed by atoms with van der Waals surface area (Å²) in [5.41, 5.74) is 0.878. The van der Waals surface area contributed by atoms with Gasteiger partial charge in [-0.3, -0.25) is 14.5 Å². The van der Waals surface area contributed by atoms with E-state index in [1.807, 2.05) is 44.2 Å². The highest BCUT2D eigenvalue weighted by atomic mass is 16.6. The molecule has 5 unspecified atom stereocenters. The Kier molecular flexibility index (Phi) is 9.33. The zero-order valence-electron chi connectivity index (χ0n) is 20.5. The molecule has 34 heavy (non-hydrogen) atoms. The smallest absolute Gasteiger partial charge is 0.410 e. The first kappa shape index (κ1) is 26.0. The van der Waals surface area contributed by atoms with Crippen molar-refractivity contribution in [2.45, 2.75) is 90.1 Å². The number of amides is 3. The summed E-state index contributed by atoms with van der Waals surface area (Å²) < 4.78 is 5.56. The van der Waals surface area contributed by atoms with Gasteiger partial charge in [0, 0.05) is 12.6 Å². The van der Waals surface area contributed by atoms with Gasteiger partial charge in [-0.15, -0.1) is 0 Å². The van der Waals surface area contributed by atoms with Crippen molar-refractivity contribution in [3.63, 3.8) is 0 Å². The summed E-state index contributed by atoms with van der Waals surface area (Å²) >= 11 is 0. The van der Waals surface area contributed by atoms with Crippen LogP contribution in [-0.2, 0) is 20.9 Å². The van der Waals surface area contributed by atoms with Crippen LogP contribution in [0.5, 0.6) is 0 Å². The van der Waals surface area contributed by atoms with E-state index in [2.05, 4.69) is 17.6 Å². The third-order valence-electron chi connectivity index (χ3n) is 6.98. The lowest BCUT2D eigenvalue weighted by Crippen LogP contribution is -2.56. The Morgan fingerprint density at radius 2 is 1.82 bits per heavy atom. The van der Waals surface area contributed by atoms with Gasteiger partial charge < -0.3 is 20.5 Å². The number of ether oxygens (including phenoxy) is 1. The van der Waals surface area contributed by atoms with E-state index in [0.29, 0.717) is 19.4 Å². The van der Waals surface area contributed by atoms with E-state index >= 15 is 0 Å². The normalized spacial score (nSPS) is 23.8. The quantitative estimate of drug-likeness (QED) is 0.458. The van der Waals surface area contributed by atoms with Gasteiger partial charge in [0.05, 0.1) is 6.04 Å². The van der Waals surface area contributed by atoms with E-state index in [9.17, 15) is 19.5 Å². The van der Waals surface area contributed by atoms with Crippen molar-refractivity contribution < 1.29 is 24.2 Å². The number of aliphatic hydroxyl groups is 1. The van der Waals surface area contributed by atoms with Crippen molar-refractivity contribution in [3.05, 3.63) is 35.9 Å². The fourth-order valence-electron chi connectivity index (χ4n) is 4.89. The number of likely N-dealkylation sites (tertiary alicyclic amines) is 1. The molecule has 2 aliphatic rings. The van der Waals surface area contributed by atoms with Crippen LogP contribution in [0.1, 0.15) is 64.9 Å². The Balaban J connectivity index is 1.71. The van der Waals surface area contributed by atoms with Crippen LogP contribution in [0.3, 0.4) is 0 Å². The molecular weight excluding hydrogens is 434 g/mol. The molecule has 1 heterocycles. The predicted octanol–water partition coefficient (Wildman–Crippen LogP) is 2.98.